The molecule has 0 aliphatic carbocycles. The summed E-state index contributed by atoms with van der Waals surface area (Å²) in [5.41, 5.74) is 15.9. The van der Waals surface area contributed by atoms with Gasteiger partial charge in [-0.3, -0.25) is 0 Å². The Labute approximate surface area is 85.6 Å². The van der Waals surface area contributed by atoms with E-state index in [4.69, 9.17) is 11.3 Å². The Morgan fingerprint density at radius 2 is 2.20 bits per heavy atom. The minimum absolute atomic E-state index is 0.459. The lowest BCUT2D eigenvalue weighted by Crippen LogP contribution is -1.98. The highest BCUT2D eigenvalue weighted by atomic mass is 15.3. The van der Waals surface area contributed by atoms with E-state index >= 15 is 0 Å². The highest BCUT2D eigenvalue weighted by Gasteiger charge is 2.01. The molecule has 0 saturated heterocycles. The molecular formula is C9H8N6. The maximum Gasteiger partial charge on any atom is 0.0874 e. The number of nitrogens with zero attached hydrogens (tertiary/aromatic N) is 5. The first-order valence-corrected chi connectivity index (χ1v) is 4.26. The van der Waals surface area contributed by atoms with Crippen molar-refractivity contribution < 1.29 is 0 Å². The predicted octanol–water partition coefficient (Wildman–Crippen LogP) is 2.40. The Morgan fingerprint density at radius 3 is 2.93 bits per heavy atom. The van der Waals surface area contributed by atoms with Gasteiger partial charge in [0.2, 0.25) is 0 Å². The van der Waals surface area contributed by atoms with Crippen molar-refractivity contribution in [1.82, 2.24) is 9.78 Å². The van der Waals surface area contributed by atoms with E-state index in [0.717, 1.165) is 5.69 Å². The number of nitrogen functional groups attached to an aromatic ring is 1. The quantitative estimate of drug-likeness (QED) is 0.349. The van der Waals surface area contributed by atoms with Crippen LogP contribution in [0.4, 0.5) is 11.4 Å². The lowest BCUT2D eigenvalue weighted by molar-refractivity contribution is 0.883. The number of azide groups is 1. The van der Waals surface area contributed by atoms with Crippen LogP contribution in [0.1, 0.15) is 0 Å². The molecule has 15 heavy (non-hydrogen) atoms. The number of rotatable bonds is 2. The zero-order valence-corrected chi connectivity index (χ0v) is 7.78. The fraction of sp³-hybridized carbons (Fsp3) is 0. The van der Waals surface area contributed by atoms with Gasteiger partial charge in [0.15, 0.2) is 0 Å². The Morgan fingerprint density at radius 1 is 1.40 bits per heavy atom. The Balaban J connectivity index is 2.46. The van der Waals surface area contributed by atoms with Crippen LogP contribution in [-0.4, -0.2) is 9.78 Å². The summed E-state index contributed by atoms with van der Waals surface area (Å²) in [7, 11) is 0. The van der Waals surface area contributed by atoms with Crippen molar-refractivity contribution in [2.45, 2.75) is 0 Å². The topological polar surface area (TPSA) is 92.6 Å². The molecule has 6 nitrogen and oxygen atoms in total. The summed E-state index contributed by atoms with van der Waals surface area (Å²) < 4.78 is 1.57. The monoisotopic (exact) mass is 200 g/mol. The van der Waals surface area contributed by atoms with Gasteiger partial charge in [0.1, 0.15) is 0 Å². The van der Waals surface area contributed by atoms with E-state index in [1.807, 2.05) is 18.2 Å². The standard InChI is InChI=1S/C9H8N6/c10-8-3-1-2-4-9(8)15-6-7(5-12-15)13-14-11/h1-6H,10H2. The van der Waals surface area contributed by atoms with E-state index in [1.54, 1.807) is 16.9 Å². The average molecular weight is 200 g/mol. The normalized spacial score (nSPS) is 9.60. The van der Waals surface area contributed by atoms with Crippen molar-refractivity contribution in [3.63, 3.8) is 0 Å². The molecule has 1 aromatic heterocycles. The molecule has 0 amide bonds. The smallest absolute Gasteiger partial charge is 0.0874 e. The molecule has 0 aliphatic rings. The van der Waals surface area contributed by atoms with Crippen molar-refractivity contribution in [2.24, 2.45) is 5.11 Å². The van der Waals surface area contributed by atoms with Gasteiger partial charge in [0, 0.05) is 11.1 Å². The number of anilines is 1. The number of benzene rings is 1. The minimum atomic E-state index is 0.459. The summed E-state index contributed by atoms with van der Waals surface area (Å²) in [6.07, 6.45) is 3.09. The summed E-state index contributed by atoms with van der Waals surface area (Å²) in [6.45, 7) is 0. The van der Waals surface area contributed by atoms with Crippen LogP contribution in [0.25, 0.3) is 16.1 Å². The first-order valence-electron chi connectivity index (χ1n) is 4.26. The van der Waals surface area contributed by atoms with Gasteiger partial charge in [-0.15, -0.1) is 0 Å². The molecule has 0 atom stereocenters. The molecule has 1 heterocycles. The van der Waals surface area contributed by atoms with Crippen LogP contribution in [0.5, 0.6) is 0 Å². The van der Waals surface area contributed by atoms with Gasteiger partial charge >= 0.3 is 0 Å². The zero-order valence-electron chi connectivity index (χ0n) is 7.78. The van der Waals surface area contributed by atoms with E-state index in [0.29, 0.717) is 11.4 Å². The minimum Gasteiger partial charge on any atom is -0.397 e. The van der Waals surface area contributed by atoms with E-state index in [1.165, 1.54) is 6.20 Å². The molecule has 6 heteroatoms. The number of aromatic nitrogens is 2. The number of para-hydroxylation sites is 2. The first-order chi connectivity index (χ1) is 7.31. The highest BCUT2D eigenvalue weighted by molar-refractivity contribution is 5.57. The van der Waals surface area contributed by atoms with Gasteiger partial charge in [-0.05, 0) is 17.7 Å². The predicted molar refractivity (Wildman–Crippen MR) is 56.8 cm³/mol. The average Bonchev–Trinajstić information content (AvgIpc) is 2.68. The molecular weight excluding hydrogens is 192 g/mol. The summed E-state index contributed by atoms with van der Waals surface area (Å²) in [5.74, 6) is 0. The van der Waals surface area contributed by atoms with Crippen LogP contribution in [-0.2, 0) is 0 Å². The highest BCUT2D eigenvalue weighted by Crippen LogP contribution is 2.18. The summed E-state index contributed by atoms with van der Waals surface area (Å²) in [5, 5.41) is 7.48. The maximum absolute atomic E-state index is 8.25. The van der Waals surface area contributed by atoms with Crippen LogP contribution in [0.2, 0.25) is 0 Å². The Hall–Kier alpha value is -2.46. The molecule has 0 unspecified atom stereocenters. The van der Waals surface area contributed by atoms with Crippen molar-refractivity contribution in [2.75, 3.05) is 5.73 Å². The zero-order chi connectivity index (χ0) is 10.7. The van der Waals surface area contributed by atoms with Crippen molar-refractivity contribution in [3.05, 3.63) is 47.1 Å². The summed E-state index contributed by atoms with van der Waals surface area (Å²) in [6, 6.07) is 7.32. The Kier molecular flexibility index (Phi) is 2.26. The third-order valence-electron chi connectivity index (χ3n) is 1.91. The molecule has 74 valence electrons. The van der Waals surface area contributed by atoms with E-state index in [9.17, 15) is 0 Å². The first kappa shape index (κ1) is 9.11. The molecule has 2 N–H and O–H groups in total. The fourth-order valence-corrected chi connectivity index (χ4v) is 1.24. The Bertz CT molecular complexity index is 523. The molecule has 0 radical (unpaired) electrons. The van der Waals surface area contributed by atoms with Gasteiger partial charge in [0.05, 0.1) is 23.3 Å². The van der Waals surface area contributed by atoms with Crippen LogP contribution in [0.3, 0.4) is 0 Å². The van der Waals surface area contributed by atoms with Gasteiger partial charge in [-0.25, -0.2) is 4.68 Å². The van der Waals surface area contributed by atoms with Gasteiger partial charge in [0.25, 0.3) is 0 Å². The molecule has 0 aliphatic heterocycles. The van der Waals surface area contributed by atoms with Gasteiger partial charge < -0.3 is 5.73 Å². The van der Waals surface area contributed by atoms with Crippen molar-refractivity contribution >= 4 is 11.4 Å². The second-order valence-electron chi connectivity index (χ2n) is 2.89. The third kappa shape index (κ3) is 1.74. The van der Waals surface area contributed by atoms with Crippen LogP contribution in [0, 0.1) is 0 Å². The summed E-state index contributed by atoms with van der Waals surface area (Å²) >= 11 is 0. The van der Waals surface area contributed by atoms with Crippen molar-refractivity contribution in [3.8, 4) is 5.69 Å². The summed E-state index contributed by atoms with van der Waals surface area (Å²) in [4.78, 5) is 2.68. The molecule has 1 aromatic carbocycles. The molecule has 0 bridgehead atoms. The maximum atomic E-state index is 8.25. The van der Waals surface area contributed by atoms with Gasteiger partial charge in [-0.2, -0.15) is 5.10 Å². The molecule has 0 saturated carbocycles. The lowest BCUT2D eigenvalue weighted by Gasteiger charge is -2.03. The number of nitrogens with two attached hydrogens (primary N) is 1. The molecule has 0 fully saturated rings. The van der Waals surface area contributed by atoms with E-state index in [-0.39, 0.29) is 0 Å². The second-order valence-corrected chi connectivity index (χ2v) is 2.89. The SMILES string of the molecule is [N-]=[N+]=Nc1cnn(-c2ccccc2N)c1. The molecule has 2 rings (SSSR count). The number of hydrogen-bond acceptors (Lipinski definition) is 3. The van der Waals surface area contributed by atoms with Crippen molar-refractivity contribution in [1.29, 1.82) is 0 Å². The van der Waals surface area contributed by atoms with Crippen LogP contribution >= 0.6 is 0 Å². The van der Waals surface area contributed by atoms with Crippen LogP contribution in [0.15, 0.2) is 41.8 Å². The third-order valence-corrected chi connectivity index (χ3v) is 1.91. The van der Waals surface area contributed by atoms with E-state index in [2.05, 4.69) is 15.1 Å². The molecule has 0 spiro atoms. The van der Waals surface area contributed by atoms with E-state index < -0.39 is 0 Å². The second kappa shape index (κ2) is 3.73. The molecule has 2 aromatic rings. The van der Waals surface area contributed by atoms with Crippen LogP contribution < -0.4 is 5.73 Å². The number of hydrogen-bond donors (Lipinski definition) is 1. The largest absolute Gasteiger partial charge is 0.397 e. The fourth-order valence-electron chi connectivity index (χ4n) is 1.24. The lowest BCUT2D eigenvalue weighted by atomic mass is 10.3. The van der Waals surface area contributed by atoms with Gasteiger partial charge in [-0.1, -0.05) is 17.2 Å².